The van der Waals surface area contributed by atoms with E-state index in [1.807, 2.05) is 30.3 Å². The van der Waals surface area contributed by atoms with Gasteiger partial charge in [-0.25, -0.2) is 9.80 Å². The molecule has 0 atom stereocenters. The fourth-order valence-electron chi connectivity index (χ4n) is 3.19. The number of amides is 1. The van der Waals surface area contributed by atoms with Gasteiger partial charge in [0.25, 0.3) is 5.56 Å². The minimum atomic E-state index is -0.589. The third-order valence-electron chi connectivity index (χ3n) is 4.52. The summed E-state index contributed by atoms with van der Waals surface area (Å²) in [6.45, 7) is 0.0759. The number of hydrogen-bond acceptors (Lipinski definition) is 6. The third-order valence-corrected chi connectivity index (χ3v) is 4.52. The first kappa shape index (κ1) is 16.8. The van der Waals surface area contributed by atoms with Crippen LogP contribution in [0.2, 0.25) is 0 Å². The number of nitrogens with zero attached hydrogens (tertiary/aromatic N) is 6. The molecule has 3 heterocycles. The predicted octanol–water partition coefficient (Wildman–Crippen LogP) is -0.857. The molecule has 0 fully saturated rings. The summed E-state index contributed by atoms with van der Waals surface area (Å²) in [5, 5.41) is 5.86. The van der Waals surface area contributed by atoms with E-state index >= 15 is 0 Å². The SMILES string of the molecule is Cn1c(=O)c2c(nc3n2CC(c2ccccc2)=NN3CC(N)=O)n(C)c1=O. The van der Waals surface area contributed by atoms with E-state index in [9.17, 15) is 14.4 Å². The summed E-state index contributed by atoms with van der Waals surface area (Å²) in [6, 6.07) is 9.41. The molecular formula is C17H17N7O3. The number of nitrogens with two attached hydrogens (primary N) is 1. The van der Waals surface area contributed by atoms with Gasteiger partial charge in [-0.05, 0) is 5.56 Å². The van der Waals surface area contributed by atoms with Crippen molar-refractivity contribution in [3.8, 4) is 0 Å². The minimum Gasteiger partial charge on any atom is -0.368 e. The molecule has 0 saturated heterocycles. The largest absolute Gasteiger partial charge is 0.368 e. The zero-order valence-corrected chi connectivity index (χ0v) is 14.8. The highest BCUT2D eigenvalue weighted by molar-refractivity contribution is 6.03. The number of anilines is 1. The summed E-state index contributed by atoms with van der Waals surface area (Å²) in [5.74, 6) is -0.296. The van der Waals surface area contributed by atoms with Crippen molar-refractivity contribution in [2.24, 2.45) is 24.9 Å². The van der Waals surface area contributed by atoms with Crippen molar-refractivity contribution in [3.05, 3.63) is 56.7 Å². The van der Waals surface area contributed by atoms with Gasteiger partial charge in [-0.15, -0.1) is 0 Å². The average molecular weight is 367 g/mol. The summed E-state index contributed by atoms with van der Waals surface area (Å²) in [6.07, 6.45) is 0. The van der Waals surface area contributed by atoms with Gasteiger partial charge in [0.1, 0.15) is 6.54 Å². The van der Waals surface area contributed by atoms with Crippen LogP contribution < -0.4 is 22.0 Å². The van der Waals surface area contributed by atoms with Crippen LogP contribution in [0.25, 0.3) is 11.2 Å². The van der Waals surface area contributed by atoms with Gasteiger partial charge in [0.05, 0.1) is 12.3 Å². The number of aromatic nitrogens is 4. The van der Waals surface area contributed by atoms with Crippen LogP contribution in [0.4, 0.5) is 5.95 Å². The fourth-order valence-corrected chi connectivity index (χ4v) is 3.19. The maximum Gasteiger partial charge on any atom is 0.332 e. The highest BCUT2D eigenvalue weighted by Gasteiger charge is 2.28. The van der Waals surface area contributed by atoms with Gasteiger partial charge in [0.2, 0.25) is 11.9 Å². The van der Waals surface area contributed by atoms with Crippen LogP contribution in [0.1, 0.15) is 5.56 Å². The van der Waals surface area contributed by atoms with Crippen molar-refractivity contribution in [2.45, 2.75) is 6.54 Å². The number of benzene rings is 1. The molecule has 0 saturated carbocycles. The molecule has 0 bridgehead atoms. The van der Waals surface area contributed by atoms with Crippen molar-refractivity contribution in [1.29, 1.82) is 0 Å². The normalized spacial score (nSPS) is 13.6. The number of hydrazone groups is 1. The molecule has 27 heavy (non-hydrogen) atoms. The van der Waals surface area contributed by atoms with Crippen molar-refractivity contribution in [3.63, 3.8) is 0 Å². The van der Waals surface area contributed by atoms with Crippen LogP contribution in [0, 0.1) is 0 Å². The molecule has 2 aromatic heterocycles. The number of carbonyl (C=O) groups is 1. The molecule has 138 valence electrons. The van der Waals surface area contributed by atoms with E-state index in [0.29, 0.717) is 11.7 Å². The van der Waals surface area contributed by atoms with E-state index in [1.165, 1.54) is 16.6 Å². The predicted molar refractivity (Wildman–Crippen MR) is 99.7 cm³/mol. The Balaban J connectivity index is 2.00. The summed E-state index contributed by atoms with van der Waals surface area (Å²) < 4.78 is 3.99. The first-order chi connectivity index (χ1) is 12.9. The lowest BCUT2D eigenvalue weighted by molar-refractivity contribution is -0.116. The zero-order chi connectivity index (χ0) is 19.3. The number of hydrogen-bond donors (Lipinski definition) is 1. The molecule has 0 aliphatic carbocycles. The molecule has 1 aliphatic heterocycles. The molecule has 1 aliphatic rings. The summed E-state index contributed by atoms with van der Waals surface area (Å²) in [7, 11) is 2.96. The average Bonchev–Trinajstić information content (AvgIpc) is 3.05. The van der Waals surface area contributed by atoms with E-state index in [-0.39, 0.29) is 24.3 Å². The summed E-state index contributed by atoms with van der Waals surface area (Å²) in [4.78, 5) is 40.9. The Hall–Kier alpha value is -3.69. The van der Waals surface area contributed by atoms with Gasteiger partial charge in [-0.2, -0.15) is 10.1 Å². The van der Waals surface area contributed by atoms with Gasteiger partial charge in [0, 0.05) is 14.1 Å². The first-order valence-electron chi connectivity index (χ1n) is 8.23. The second kappa shape index (κ2) is 5.94. The second-order valence-electron chi connectivity index (χ2n) is 6.31. The van der Waals surface area contributed by atoms with Crippen LogP contribution >= 0.6 is 0 Å². The molecule has 2 N–H and O–H groups in total. The Kier molecular flexibility index (Phi) is 3.69. The number of aryl methyl sites for hydroxylation is 1. The van der Waals surface area contributed by atoms with E-state index in [2.05, 4.69) is 10.1 Å². The summed E-state index contributed by atoms with van der Waals surface area (Å²) in [5.41, 5.74) is 6.43. The second-order valence-corrected chi connectivity index (χ2v) is 6.31. The first-order valence-corrected chi connectivity index (χ1v) is 8.23. The van der Waals surface area contributed by atoms with Crippen LogP contribution in [0.5, 0.6) is 0 Å². The van der Waals surface area contributed by atoms with Crippen molar-refractivity contribution in [2.75, 3.05) is 11.6 Å². The molecule has 1 aromatic carbocycles. The third kappa shape index (κ3) is 2.53. The maximum absolute atomic E-state index is 12.7. The smallest absolute Gasteiger partial charge is 0.332 e. The Labute approximate surface area is 152 Å². The zero-order valence-electron chi connectivity index (χ0n) is 14.8. The lowest BCUT2D eigenvalue weighted by Crippen LogP contribution is -2.39. The van der Waals surface area contributed by atoms with E-state index < -0.39 is 17.2 Å². The van der Waals surface area contributed by atoms with Crippen LogP contribution in [-0.4, -0.2) is 36.8 Å². The van der Waals surface area contributed by atoms with Gasteiger partial charge >= 0.3 is 5.69 Å². The van der Waals surface area contributed by atoms with Crippen LogP contribution in [0.15, 0.2) is 45.0 Å². The lowest BCUT2D eigenvalue weighted by Gasteiger charge is -2.25. The van der Waals surface area contributed by atoms with Gasteiger partial charge in [0.15, 0.2) is 11.2 Å². The van der Waals surface area contributed by atoms with E-state index in [4.69, 9.17) is 5.73 Å². The minimum absolute atomic E-state index is 0.200. The molecule has 1 amide bonds. The van der Waals surface area contributed by atoms with Gasteiger partial charge < -0.3 is 5.73 Å². The quantitative estimate of drug-likeness (QED) is 0.646. The molecule has 10 nitrogen and oxygen atoms in total. The highest BCUT2D eigenvalue weighted by atomic mass is 16.2. The molecular weight excluding hydrogens is 350 g/mol. The van der Waals surface area contributed by atoms with Crippen LogP contribution in [-0.2, 0) is 25.4 Å². The van der Waals surface area contributed by atoms with Gasteiger partial charge in [-0.1, -0.05) is 30.3 Å². The van der Waals surface area contributed by atoms with Crippen LogP contribution in [0.3, 0.4) is 0 Å². The standard InChI is InChI=1S/C17H17N7O3/c1-21-14-13(15(26)22(2)17(21)27)23-8-11(10-6-4-3-5-7-10)20-24(9-12(18)25)16(23)19-14/h3-7H,8-9H2,1-2H3,(H2,18,25). The molecule has 0 spiro atoms. The number of carbonyl (C=O) groups excluding carboxylic acids is 1. The van der Waals surface area contributed by atoms with Gasteiger partial charge in [-0.3, -0.25) is 23.3 Å². The fraction of sp³-hybridized carbons (Fsp3) is 0.235. The monoisotopic (exact) mass is 367 g/mol. The van der Waals surface area contributed by atoms with Crippen molar-refractivity contribution >= 4 is 28.7 Å². The number of rotatable bonds is 3. The lowest BCUT2D eigenvalue weighted by atomic mass is 10.1. The van der Waals surface area contributed by atoms with Crippen molar-refractivity contribution in [1.82, 2.24) is 18.7 Å². The van der Waals surface area contributed by atoms with Crippen molar-refractivity contribution < 1.29 is 4.79 Å². The molecule has 4 rings (SSSR count). The maximum atomic E-state index is 12.7. The van der Waals surface area contributed by atoms with E-state index in [0.717, 1.165) is 10.1 Å². The summed E-state index contributed by atoms with van der Waals surface area (Å²) >= 11 is 0. The Morgan fingerprint density at radius 2 is 1.85 bits per heavy atom. The molecule has 10 heteroatoms. The molecule has 0 radical (unpaired) electrons. The Bertz CT molecular complexity index is 1220. The Morgan fingerprint density at radius 3 is 2.52 bits per heavy atom. The topological polar surface area (TPSA) is 121 Å². The van der Waals surface area contributed by atoms with E-state index in [1.54, 1.807) is 11.6 Å². The number of imidazole rings is 1. The highest BCUT2D eigenvalue weighted by Crippen LogP contribution is 2.25. The number of primary amides is 1. The Morgan fingerprint density at radius 1 is 1.15 bits per heavy atom. The molecule has 0 unspecified atom stereocenters. The molecule has 3 aromatic rings. The number of fused-ring (bicyclic) bond motifs is 3.